The normalized spacial score (nSPS) is 12.5. The molecular weight excluding hydrogens is 360 g/mol. The molecule has 4 rings (SSSR count). The number of anilines is 1. The van der Waals surface area contributed by atoms with Gasteiger partial charge in [-0.3, -0.25) is 10.1 Å². The highest BCUT2D eigenvalue weighted by molar-refractivity contribution is 7.14. The van der Waals surface area contributed by atoms with E-state index in [1.165, 1.54) is 35.3 Å². The summed E-state index contributed by atoms with van der Waals surface area (Å²) in [6.45, 7) is 0. The number of aromatic nitrogens is 1. The lowest BCUT2D eigenvalue weighted by Gasteiger charge is -2.09. The van der Waals surface area contributed by atoms with Crippen molar-refractivity contribution in [2.45, 2.75) is 19.3 Å². The van der Waals surface area contributed by atoms with Crippen LogP contribution in [-0.2, 0) is 12.8 Å². The van der Waals surface area contributed by atoms with Gasteiger partial charge in [0.05, 0.1) is 19.9 Å². The van der Waals surface area contributed by atoms with Crippen LogP contribution in [0.3, 0.4) is 0 Å². The van der Waals surface area contributed by atoms with E-state index in [-0.39, 0.29) is 5.91 Å². The average Bonchev–Trinajstić information content (AvgIpc) is 3.35. The van der Waals surface area contributed by atoms with Crippen LogP contribution in [0.2, 0.25) is 0 Å². The number of fused-ring (bicyclic) bond motifs is 1. The molecule has 0 spiro atoms. The highest BCUT2D eigenvalue weighted by atomic mass is 32.1. The maximum Gasteiger partial charge on any atom is 0.257 e. The summed E-state index contributed by atoms with van der Waals surface area (Å²) >= 11 is 1.42. The summed E-state index contributed by atoms with van der Waals surface area (Å²) in [7, 11) is 3.11. The number of nitrogens with zero attached hydrogens (tertiary/aromatic N) is 1. The largest absolute Gasteiger partial charge is 0.493 e. The quantitative estimate of drug-likeness (QED) is 0.704. The monoisotopic (exact) mass is 380 g/mol. The van der Waals surface area contributed by atoms with E-state index < -0.39 is 0 Å². The van der Waals surface area contributed by atoms with Crippen LogP contribution >= 0.6 is 11.3 Å². The number of rotatable bonds is 5. The molecule has 2 aromatic carbocycles. The van der Waals surface area contributed by atoms with Gasteiger partial charge in [-0.25, -0.2) is 4.98 Å². The van der Waals surface area contributed by atoms with Crippen LogP contribution in [0, 0.1) is 0 Å². The minimum atomic E-state index is -0.231. The molecule has 0 saturated carbocycles. The first-order valence-electron chi connectivity index (χ1n) is 8.79. The molecule has 1 amide bonds. The van der Waals surface area contributed by atoms with Crippen LogP contribution in [0.4, 0.5) is 5.13 Å². The summed E-state index contributed by atoms with van der Waals surface area (Å²) in [6, 6.07) is 11.6. The molecule has 0 aliphatic heterocycles. The second-order valence-electron chi connectivity index (χ2n) is 6.40. The molecule has 0 atom stereocenters. The molecule has 0 saturated heterocycles. The van der Waals surface area contributed by atoms with Crippen molar-refractivity contribution in [2.24, 2.45) is 0 Å². The zero-order chi connectivity index (χ0) is 18.8. The Morgan fingerprint density at radius 1 is 1.04 bits per heavy atom. The third-order valence-electron chi connectivity index (χ3n) is 4.76. The summed E-state index contributed by atoms with van der Waals surface area (Å²) < 4.78 is 10.5. The van der Waals surface area contributed by atoms with Crippen LogP contribution in [0.15, 0.2) is 41.8 Å². The van der Waals surface area contributed by atoms with Crippen molar-refractivity contribution < 1.29 is 14.3 Å². The molecule has 1 heterocycles. The third-order valence-corrected chi connectivity index (χ3v) is 5.52. The number of methoxy groups -OCH3 is 2. The number of carbonyl (C=O) groups excluding carboxylic acids is 1. The standard InChI is InChI=1S/C21H20N2O3S/c1-25-18-9-8-16(11-19(18)26-2)20(24)23-21-22-17(12-27-21)15-7-6-13-4-3-5-14(13)10-15/h6-12H,3-5H2,1-2H3,(H,22,23,24). The number of hydrogen-bond acceptors (Lipinski definition) is 5. The van der Waals surface area contributed by atoms with Crippen LogP contribution in [0.25, 0.3) is 11.3 Å². The van der Waals surface area contributed by atoms with Crippen molar-refractivity contribution in [3.63, 3.8) is 0 Å². The Kier molecular flexibility index (Phi) is 4.81. The van der Waals surface area contributed by atoms with E-state index >= 15 is 0 Å². The third kappa shape index (κ3) is 3.53. The molecule has 138 valence electrons. The number of hydrogen-bond donors (Lipinski definition) is 1. The molecule has 0 radical (unpaired) electrons. The first-order valence-corrected chi connectivity index (χ1v) is 9.67. The van der Waals surface area contributed by atoms with E-state index in [0.29, 0.717) is 22.2 Å². The Labute approximate surface area is 162 Å². The fourth-order valence-electron chi connectivity index (χ4n) is 3.34. The number of ether oxygens (including phenoxy) is 2. The molecule has 5 nitrogen and oxygen atoms in total. The number of benzene rings is 2. The van der Waals surface area contributed by atoms with Crippen LogP contribution in [-0.4, -0.2) is 25.1 Å². The molecule has 1 aliphatic carbocycles. The fraction of sp³-hybridized carbons (Fsp3) is 0.238. The summed E-state index contributed by atoms with van der Waals surface area (Å²) in [6.07, 6.45) is 3.53. The Hall–Kier alpha value is -2.86. The lowest BCUT2D eigenvalue weighted by Crippen LogP contribution is -2.12. The Bertz CT molecular complexity index is 997. The van der Waals surface area contributed by atoms with Crippen molar-refractivity contribution in [1.29, 1.82) is 0 Å². The first kappa shape index (κ1) is 17.5. The van der Waals surface area contributed by atoms with Gasteiger partial charge in [-0.2, -0.15) is 0 Å². The average molecular weight is 380 g/mol. The van der Waals surface area contributed by atoms with Crippen LogP contribution < -0.4 is 14.8 Å². The van der Waals surface area contributed by atoms with Crippen molar-refractivity contribution in [2.75, 3.05) is 19.5 Å². The van der Waals surface area contributed by atoms with Gasteiger partial charge < -0.3 is 9.47 Å². The Morgan fingerprint density at radius 2 is 1.85 bits per heavy atom. The summed E-state index contributed by atoms with van der Waals surface area (Å²) in [5.41, 5.74) is 5.32. The summed E-state index contributed by atoms with van der Waals surface area (Å²) in [5, 5.41) is 5.41. The fourth-order valence-corrected chi connectivity index (χ4v) is 4.06. The lowest BCUT2D eigenvalue weighted by atomic mass is 10.1. The van der Waals surface area contributed by atoms with Gasteiger partial charge in [0.1, 0.15) is 0 Å². The Balaban J connectivity index is 1.51. The van der Waals surface area contributed by atoms with E-state index in [4.69, 9.17) is 9.47 Å². The minimum absolute atomic E-state index is 0.231. The summed E-state index contributed by atoms with van der Waals surface area (Å²) in [5.74, 6) is 0.871. The smallest absolute Gasteiger partial charge is 0.257 e. The van der Waals surface area contributed by atoms with E-state index in [2.05, 4.69) is 28.5 Å². The maximum atomic E-state index is 12.5. The second-order valence-corrected chi connectivity index (χ2v) is 7.26. The van der Waals surface area contributed by atoms with Gasteiger partial charge in [-0.05, 0) is 54.7 Å². The van der Waals surface area contributed by atoms with Gasteiger partial charge >= 0.3 is 0 Å². The van der Waals surface area contributed by atoms with Crippen molar-refractivity contribution in [3.8, 4) is 22.8 Å². The van der Waals surface area contributed by atoms with Gasteiger partial charge in [0.2, 0.25) is 0 Å². The molecule has 1 aliphatic rings. The van der Waals surface area contributed by atoms with Crippen molar-refractivity contribution in [1.82, 2.24) is 4.98 Å². The molecule has 1 N–H and O–H groups in total. The van der Waals surface area contributed by atoms with Crippen LogP contribution in [0.5, 0.6) is 11.5 Å². The van der Waals surface area contributed by atoms with Gasteiger partial charge in [-0.15, -0.1) is 11.3 Å². The minimum Gasteiger partial charge on any atom is -0.493 e. The number of aryl methyl sites for hydroxylation is 2. The van der Waals surface area contributed by atoms with Crippen molar-refractivity contribution in [3.05, 3.63) is 58.5 Å². The molecule has 0 fully saturated rings. The van der Waals surface area contributed by atoms with Gasteiger partial charge in [0, 0.05) is 16.5 Å². The molecule has 0 unspecified atom stereocenters. The maximum absolute atomic E-state index is 12.5. The number of amides is 1. The molecule has 1 aromatic heterocycles. The zero-order valence-electron chi connectivity index (χ0n) is 15.2. The molecule has 3 aromatic rings. The molecule has 6 heteroatoms. The lowest BCUT2D eigenvalue weighted by molar-refractivity contribution is 0.102. The van der Waals surface area contributed by atoms with Crippen LogP contribution in [0.1, 0.15) is 27.9 Å². The number of thiazole rings is 1. The van der Waals surface area contributed by atoms with E-state index in [1.807, 2.05) is 5.38 Å². The number of carbonyl (C=O) groups is 1. The van der Waals surface area contributed by atoms with Gasteiger partial charge in [0.25, 0.3) is 5.91 Å². The molecule has 0 bridgehead atoms. The van der Waals surface area contributed by atoms with Gasteiger partial charge in [-0.1, -0.05) is 12.1 Å². The van der Waals surface area contributed by atoms with Crippen molar-refractivity contribution >= 4 is 22.4 Å². The highest BCUT2D eigenvalue weighted by Gasteiger charge is 2.15. The Morgan fingerprint density at radius 3 is 2.67 bits per heavy atom. The van der Waals surface area contributed by atoms with Gasteiger partial charge in [0.15, 0.2) is 16.6 Å². The predicted molar refractivity (Wildman–Crippen MR) is 107 cm³/mol. The van der Waals surface area contributed by atoms with E-state index in [1.54, 1.807) is 32.4 Å². The molecular formula is C21H20N2O3S. The zero-order valence-corrected chi connectivity index (χ0v) is 16.1. The highest BCUT2D eigenvalue weighted by Crippen LogP contribution is 2.31. The summed E-state index contributed by atoms with van der Waals surface area (Å²) in [4.78, 5) is 17.1. The number of nitrogens with one attached hydrogen (secondary N) is 1. The SMILES string of the molecule is COc1ccc(C(=O)Nc2nc(-c3ccc4c(c3)CCC4)cs2)cc1OC. The predicted octanol–water partition coefficient (Wildman–Crippen LogP) is 4.57. The topological polar surface area (TPSA) is 60.5 Å². The second kappa shape index (κ2) is 7.40. The van der Waals surface area contributed by atoms with E-state index in [0.717, 1.165) is 17.7 Å². The molecule has 27 heavy (non-hydrogen) atoms. The first-order chi connectivity index (χ1) is 13.2. The van der Waals surface area contributed by atoms with E-state index in [9.17, 15) is 4.79 Å².